The Bertz CT molecular complexity index is 957. The Hall–Kier alpha value is -3.28. The minimum absolute atomic E-state index is 0.125. The predicted molar refractivity (Wildman–Crippen MR) is 95.8 cm³/mol. The summed E-state index contributed by atoms with van der Waals surface area (Å²) in [6, 6.07) is 11.7. The van der Waals surface area contributed by atoms with Gasteiger partial charge in [0.2, 0.25) is 18.1 Å². The Kier molecular flexibility index (Phi) is 4.42. The van der Waals surface area contributed by atoms with E-state index in [1.807, 2.05) is 6.92 Å². The first-order valence-electron chi connectivity index (χ1n) is 8.11. The van der Waals surface area contributed by atoms with Crippen molar-refractivity contribution in [1.29, 1.82) is 0 Å². The van der Waals surface area contributed by atoms with Gasteiger partial charge in [0.05, 0.1) is 11.5 Å². The lowest BCUT2D eigenvalue weighted by molar-refractivity contribution is -0.481. The van der Waals surface area contributed by atoms with Gasteiger partial charge >= 0.3 is 0 Å². The van der Waals surface area contributed by atoms with Crippen LogP contribution in [0.5, 0.6) is 0 Å². The Morgan fingerprint density at radius 1 is 0.962 bits per heavy atom. The molecule has 0 radical (unpaired) electrons. The van der Waals surface area contributed by atoms with Gasteiger partial charge in [0.25, 0.3) is 0 Å². The molecule has 0 aliphatic heterocycles. The van der Waals surface area contributed by atoms with Crippen molar-refractivity contribution in [3.8, 4) is 0 Å². The van der Waals surface area contributed by atoms with E-state index in [-0.39, 0.29) is 22.5 Å². The van der Waals surface area contributed by atoms with Crippen LogP contribution in [-0.2, 0) is 4.79 Å². The van der Waals surface area contributed by atoms with Gasteiger partial charge < -0.3 is 5.11 Å². The van der Waals surface area contributed by atoms with Gasteiger partial charge in [-0.05, 0) is 25.5 Å². The van der Waals surface area contributed by atoms with E-state index in [4.69, 9.17) is 0 Å². The molecule has 6 nitrogen and oxygen atoms in total. The highest BCUT2D eigenvalue weighted by atomic mass is 16.6. The third-order valence-electron chi connectivity index (χ3n) is 4.54. The molecule has 1 unspecified atom stereocenters. The molecule has 0 spiro atoms. The van der Waals surface area contributed by atoms with Gasteiger partial charge in [-0.25, -0.2) is 0 Å². The molecule has 0 saturated heterocycles. The van der Waals surface area contributed by atoms with Gasteiger partial charge in [-0.2, -0.15) is 0 Å². The van der Waals surface area contributed by atoms with Crippen molar-refractivity contribution in [2.75, 3.05) is 6.54 Å². The summed E-state index contributed by atoms with van der Waals surface area (Å²) in [6.45, 7) is 3.05. The topological polar surface area (TPSA) is 97.5 Å². The summed E-state index contributed by atoms with van der Waals surface area (Å²) in [5.74, 6) is -3.02. The average molecular weight is 351 g/mol. The first-order chi connectivity index (χ1) is 12.3. The lowest BCUT2D eigenvalue weighted by Crippen LogP contribution is -2.30. The van der Waals surface area contributed by atoms with Crippen LogP contribution in [0.25, 0.3) is 5.76 Å². The van der Waals surface area contributed by atoms with E-state index in [1.54, 1.807) is 43.3 Å². The maximum atomic E-state index is 12.7. The maximum Gasteiger partial charge on any atom is 0.234 e. The van der Waals surface area contributed by atoms with Crippen molar-refractivity contribution < 1.29 is 19.6 Å². The summed E-state index contributed by atoms with van der Waals surface area (Å²) in [6.07, 6.45) is 0. The number of ketones is 2. The molecule has 132 valence electrons. The van der Waals surface area contributed by atoms with Gasteiger partial charge in [0.15, 0.2) is 0 Å². The number of carbonyl (C=O) groups is 2. The van der Waals surface area contributed by atoms with Crippen molar-refractivity contribution in [3.05, 3.63) is 86.0 Å². The number of aryl methyl sites for hydroxylation is 2. The van der Waals surface area contributed by atoms with Gasteiger partial charge in [-0.3, -0.25) is 19.7 Å². The summed E-state index contributed by atoms with van der Waals surface area (Å²) in [7, 11) is 0. The van der Waals surface area contributed by atoms with E-state index >= 15 is 0 Å². The zero-order chi connectivity index (χ0) is 19.0. The fourth-order valence-corrected chi connectivity index (χ4v) is 3.18. The van der Waals surface area contributed by atoms with Crippen LogP contribution in [-0.4, -0.2) is 28.1 Å². The highest BCUT2D eigenvalue weighted by molar-refractivity contribution is 6.52. The van der Waals surface area contributed by atoms with E-state index in [0.29, 0.717) is 5.56 Å². The van der Waals surface area contributed by atoms with Crippen molar-refractivity contribution in [3.63, 3.8) is 0 Å². The minimum Gasteiger partial charge on any atom is -0.507 e. The molecule has 1 aliphatic carbocycles. The van der Waals surface area contributed by atoms with E-state index in [2.05, 4.69) is 0 Å². The molecule has 0 heterocycles. The van der Waals surface area contributed by atoms with Crippen LogP contribution in [0.2, 0.25) is 0 Å². The molecule has 2 aromatic rings. The van der Waals surface area contributed by atoms with Crippen molar-refractivity contribution in [2.24, 2.45) is 0 Å². The lowest BCUT2D eigenvalue weighted by atomic mass is 9.79. The number of Topliss-reactive ketones (excluding diaryl/α,β-unsaturated/α-hetero) is 2. The number of aliphatic hydroxyl groups excluding tert-OH is 1. The molecule has 1 atom stereocenters. The number of benzene rings is 2. The fraction of sp³-hybridized carbons (Fsp3) is 0.200. The van der Waals surface area contributed by atoms with E-state index in [0.717, 1.165) is 11.1 Å². The number of hydrogen-bond donors (Lipinski definition) is 1. The third kappa shape index (κ3) is 3.01. The van der Waals surface area contributed by atoms with Crippen molar-refractivity contribution >= 4 is 17.3 Å². The molecule has 0 saturated carbocycles. The number of carbonyl (C=O) groups excluding carboxylic acids is 2. The quantitative estimate of drug-likeness (QED) is 0.517. The highest BCUT2D eigenvalue weighted by Gasteiger charge is 2.39. The Balaban J connectivity index is 2.21. The number of nitro groups is 1. The second-order valence-electron chi connectivity index (χ2n) is 6.45. The summed E-state index contributed by atoms with van der Waals surface area (Å²) in [5, 5.41) is 21.9. The second kappa shape index (κ2) is 6.55. The fourth-order valence-electron chi connectivity index (χ4n) is 3.18. The Labute approximate surface area is 149 Å². The smallest absolute Gasteiger partial charge is 0.234 e. The number of fused-ring (bicyclic) bond motifs is 1. The largest absolute Gasteiger partial charge is 0.507 e. The van der Waals surface area contributed by atoms with E-state index in [1.165, 1.54) is 6.07 Å². The molecule has 1 N–H and O–H groups in total. The summed E-state index contributed by atoms with van der Waals surface area (Å²) < 4.78 is 0. The lowest BCUT2D eigenvalue weighted by Gasteiger charge is -2.23. The average Bonchev–Trinajstić information content (AvgIpc) is 2.59. The molecule has 26 heavy (non-hydrogen) atoms. The number of rotatable bonds is 4. The molecular formula is C20H17NO5. The van der Waals surface area contributed by atoms with Crippen LogP contribution in [0.1, 0.15) is 38.5 Å². The summed E-state index contributed by atoms with van der Waals surface area (Å²) in [4.78, 5) is 35.9. The Morgan fingerprint density at radius 3 is 2.19 bits per heavy atom. The predicted octanol–water partition coefficient (Wildman–Crippen LogP) is 3.40. The van der Waals surface area contributed by atoms with Crippen molar-refractivity contribution in [2.45, 2.75) is 19.8 Å². The van der Waals surface area contributed by atoms with E-state index < -0.39 is 29.0 Å². The Morgan fingerprint density at radius 2 is 1.58 bits per heavy atom. The normalized spacial score (nSPS) is 15.0. The monoisotopic (exact) mass is 351 g/mol. The third-order valence-corrected chi connectivity index (χ3v) is 4.54. The standard InChI is InChI=1S/C20H17NO5/c1-11-3-6-13(7-4-11)16(10-21(25)26)17-18(22)14-8-5-12(2)9-15(14)19(23)20(17)24/h3-9,16,22H,10H2,1-2H3. The van der Waals surface area contributed by atoms with Gasteiger partial charge in [0.1, 0.15) is 5.76 Å². The number of nitrogens with zero attached hydrogens (tertiary/aromatic N) is 1. The molecule has 0 fully saturated rings. The van der Waals surface area contributed by atoms with Gasteiger partial charge in [-0.1, -0.05) is 47.5 Å². The van der Waals surface area contributed by atoms with E-state index in [9.17, 15) is 24.8 Å². The van der Waals surface area contributed by atoms with Crippen LogP contribution in [0.15, 0.2) is 48.0 Å². The van der Waals surface area contributed by atoms with Crippen LogP contribution in [0.3, 0.4) is 0 Å². The molecule has 1 aliphatic rings. The van der Waals surface area contributed by atoms with Gasteiger partial charge in [0, 0.05) is 16.1 Å². The molecule has 0 bridgehead atoms. The number of hydrogen-bond acceptors (Lipinski definition) is 5. The SMILES string of the molecule is Cc1ccc(C(C[N+](=O)[O-])C2=C(O)c3ccc(C)cc3C(=O)C2=O)cc1. The second-order valence-corrected chi connectivity index (χ2v) is 6.45. The zero-order valence-corrected chi connectivity index (χ0v) is 14.4. The van der Waals surface area contributed by atoms with Gasteiger partial charge in [-0.15, -0.1) is 0 Å². The summed E-state index contributed by atoms with van der Waals surface area (Å²) >= 11 is 0. The molecule has 6 heteroatoms. The first-order valence-corrected chi connectivity index (χ1v) is 8.11. The molecule has 0 amide bonds. The molecule has 0 aromatic heterocycles. The van der Waals surface area contributed by atoms with Crippen LogP contribution >= 0.6 is 0 Å². The van der Waals surface area contributed by atoms with Crippen LogP contribution in [0.4, 0.5) is 0 Å². The van der Waals surface area contributed by atoms with Crippen molar-refractivity contribution in [1.82, 2.24) is 0 Å². The summed E-state index contributed by atoms with van der Waals surface area (Å²) in [5.41, 5.74) is 2.38. The molecule has 2 aromatic carbocycles. The number of aliphatic hydroxyl groups is 1. The molecular weight excluding hydrogens is 334 g/mol. The van der Waals surface area contributed by atoms with Crippen LogP contribution in [0, 0.1) is 24.0 Å². The maximum absolute atomic E-state index is 12.7. The zero-order valence-electron chi connectivity index (χ0n) is 14.4. The highest BCUT2D eigenvalue weighted by Crippen LogP contribution is 2.36. The molecule has 3 rings (SSSR count). The van der Waals surface area contributed by atoms with Crippen LogP contribution < -0.4 is 0 Å². The minimum atomic E-state index is -1.00. The first kappa shape index (κ1) is 17.5.